The molecule has 0 saturated heterocycles. The molecule has 13 aromatic rings. The van der Waals surface area contributed by atoms with Crippen molar-refractivity contribution in [3.63, 3.8) is 0 Å². The largest absolute Gasteiger partial charge is 0.310 e. The second-order valence-corrected chi connectivity index (χ2v) is 18.9. The lowest BCUT2D eigenvalue weighted by Gasteiger charge is -2.28. The summed E-state index contributed by atoms with van der Waals surface area (Å²) in [5, 5.41) is 7.57. The molecule has 0 fully saturated rings. The number of benzene rings is 13. The molecule has 0 saturated carbocycles. The second kappa shape index (κ2) is 19.0. The molecule has 1 heteroatoms. The third-order valence-electron chi connectivity index (χ3n) is 14.4. The zero-order valence-electron chi connectivity index (χ0n) is 40.2. The maximum absolute atomic E-state index is 2.43. The molecule has 0 aliphatic heterocycles. The van der Waals surface area contributed by atoms with Crippen LogP contribution in [-0.2, 0) is 0 Å². The Morgan fingerprint density at radius 2 is 0.575 bits per heavy atom. The molecule has 13 aromatic carbocycles. The highest BCUT2D eigenvalue weighted by molar-refractivity contribution is 6.20. The fourth-order valence-corrected chi connectivity index (χ4v) is 10.7. The minimum atomic E-state index is 1.07. The van der Waals surface area contributed by atoms with Gasteiger partial charge in [-0.25, -0.2) is 0 Å². The number of hydrogen-bond acceptors (Lipinski definition) is 1. The van der Waals surface area contributed by atoms with Gasteiger partial charge in [0.15, 0.2) is 0 Å². The number of anilines is 3. The van der Waals surface area contributed by atoms with E-state index in [2.05, 4.69) is 302 Å². The Balaban J connectivity index is 0.963. The van der Waals surface area contributed by atoms with E-state index in [9.17, 15) is 0 Å². The Labute approximate surface area is 427 Å². The molecule has 0 aromatic heterocycles. The minimum absolute atomic E-state index is 1.07. The molecular formula is C72H49N. The van der Waals surface area contributed by atoms with E-state index >= 15 is 0 Å². The van der Waals surface area contributed by atoms with Crippen LogP contribution in [-0.4, -0.2) is 0 Å². The van der Waals surface area contributed by atoms with Crippen molar-refractivity contribution in [2.24, 2.45) is 0 Å². The van der Waals surface area contributed by atoms with Gasteiger partial charge in [0.1, 0.15) is 0 Å². The van der Waals surface area contributed by atoms with Gasteiger partial charge in [-0.1, -0.05) is 249 Å². The minimum Gasteiger partial charge on any atom is -0.310 e. The van der Waals surface area contributed by atoms with Crippen LogP contribution >= 0.6 is 0 Å². The molecule has 0 unspecified atom stereocenters. The molecule has 342 valence electrons. The summed E-state index contributed by atoms with van der Waals surface area (Å²) in [7, 11) is 0. The van der Waals surface area contributed by atoms with Crippen LogP contribution in [0.4, 0.5) is 17.1 Å². The molecule has 0 spiro atoms. The number of nitrogens with zero attached hydrogens (tertiary/aromatic N) is 1. The van der Waals surface area contributed by atoms with Gasteiger partial charge >= 0.3 is 0 Å². The lowest BCUT2D eigenvalue weighted by atomic mass is 9.89. The number of hydrogen-bond donors (Lipinski definition) is 0. The molecule has 0 amide bonds. The molecule has 0 aliphatic rings. The van der Waals surface area contributed by atoms with Crippen molar-refractivity contribution in [2.45, 2.75) is 0 Å². The molecule has 0 heterocycles. The lowest BCUT2D eigenvalue weighted by Crippen LogP contribution is -2.10. The predicted molar refractivity (Wildman–Crippen MR) is 312 cm³/mol. The van der Waals surface area contributed by atoms with Crippen molar-refractivity contribution in [3.8, 4) is 77.9 Å². The van der Waals surface area contributed by atoms with Crippen LogP contribution in [0.3, 0.4) is 0 Å². The predicted octanol–water partition coefficient (Wildman–Crippen LogP) is 20.3. The summed E-state index contributed by atoms with van der Waals surface area (Å²) < 4.78 is 0. The normalized spacial score (nSPS) is 11.3. The topological polar surface area (TPSA) is 3.24 Å². The summed E-state index contributed by atoms with van der Waals surface area (Å²) >= 11 is 0. The van der Waals surface area contributed by atoms with Gasteiger partial charge in [0.25, 0.3) is 0 Å². The number of fused-ring (bicyclic) bond motifs is 5. The van der Waals surface area contributed by atoms with Crippen molar-refractivity contribution in [1.82, 2.24) is 0 Å². The van der Waals surface area contributed by atoms with Gasteiger partial charge in [-0.05, 0) is 159 Å². The Morgan fingerprint density at radius 3 is 1.18 bits per heavy atom. The van der Waals surface area contributed by atoms with Crippen molar-refractivity contribution in [2.75, 3.05) is 4.90 Å². The van der Waals surface area contributed by atoms with Crippen molar-refractivity contribution < 1.29 is 0 Å². The zero-order chi connectivity index (χ0) is 48.5. The summed E-state index contributed by atoms with van der Waals surface area (Å²) in [6.45, 7) is 0. The molecule has 0 bridgehead atoms. The fraction of sp³-hybridized carbons (Fsp3) is 0. The summed E-state index contributed by atoms with van der Waals surface area (Å²) in [5.74, 6) is 0. The van der Waals surface area contributed by atoms with E-state index in [-0.39, 0.29) is 0 Å². The summed E-state index contributed by atoms with van der Waals surface area (Å²) in [5.41, 5.74) is 19.7. The van der Waals surface area contributed by atoms with Crippen LogP contribution in [0.1, 0.15) is 0 Å². The smallest absolute Gasteiger partial charge is 0.0473 e. The van der Waals surface area contributed by atoms with Gasteiger partial charge in [0.2, 0.25) is 0 Å². The van der Waals surface area contributed by atoms with Crippen LogP contribution in [0.15, 0.2) is 297 Å². The van der Waals surface area contributed by atoms with Crippen molar-refractivity contribution in [3.05, 3.63) is 297 Å². The average molecular weight is 928 g/mol. The molecule has 13 rings (SSSR count). The quantitative estimate of drug-likeness (QED) is 0.124. The second-order valence-electron chi connectivity index (χ2n) is 18.9. The third-order valence-corrected chi connectivity index (χ3v) is 14.4. The standard InChI is InChI=1S/C72H49N/c1-4-15-50(16-5-1)53-27-29-55(30-28-53)56-41-43-65(44-42-56)73(66-23-14-22-61(46-66)57-33-31-54(32-34-57)51-17-6-2-7-18-51)67-47-63(52-19-8-3-9-20-52)45-64(48-67)69-25-13-12-24-68(69)62-40-37-59-36-39-60-38-35-58-21-10-11-26-70(58)72(60)71(59)49-62/h1-49H. The maximum Gasteiger partial charge on any atom is 0.0473 e. The Bertz CT molecular complexity index is 4080. The zero-order valence-corrected chi connectivity index (χ0v) is 40.2. The first-order valence-corrected chi connectivity index (χ1v) is 25.1. The van der Waals surface area contributed by atoms with E-state index < -0.39 is 0 Å². The van der Waals surface area contributed by atoms with Crippen LogP contribution in [0.2, 0.25) is 0 Å². The van der Waals surface area contributed by atoms with Gasteiger partial charge in [-0.3, -0.25) is 0 Å². The first-order chi connectivity index (χ1) is 36.2. The van der Waals surface area contributed by atoms with Gasteiger partial charge in [-0.2, -0.15) is 0 Å². The summed E-state index contributed by atoms with van der Waals surface area (Å²) in [6, 6.07) is 109. The molecule has 0 atom stereocenters. The first-order valence-electron chi connectivity index (χ1n) is 25.1. The molecule has 0 N–H and O–H groups in total. The van der Waals surface area contributed by atoms with Gasteiger partial charge in [-0.15, -0.1) is 0 Å². The summed E-state index contributed by atoms with van der Waals surface area (Å²) in [6.07, 6.45) is 0. The monoisotopic (exact) mass is 927 g/mol. The van der Waals surface area contributed by atoms with E-state index in [0.717, 1.165) is 39.3 Å². The van der Waals surface area contributed by atoms with Crippen LogP contribution in [0, 0.1) is 0 Å². The molecule has 0 aliphatic carbocycles. The van der Waals surface area contributed by atoms with Gasteiger partial charge in [0.05, 0.1) is 0 Å². The molecule has 0 radical (unpaired) electrons. The Kier molecular flexibility index (Phi) is 11.3. The van der Waals surface area contributed by atoms with Crippen LogP contribution < -0.4 is 4.90 Å². The third kappa shape index (κ3) is 8.54. The SMILES string of the molecule is c1ccc(-c2ccc(-c3ccc(N(c4cccc(-c5ccc(-c6ccccc6)cc5)c4)c4cc(-c5ccccc5)cc(-c5ccccc5-c5ccc6ccc7ccc8ccccc8c7c6c5)c4)cc3)cc2)cc1. The highest BCUT2D eigenvalue weighted by Gasteiger charge is 2.19. The molecular weight excluding hydrogens is 879 g/mol. The van der Waals surface area contributed by atoms with E-state index in [1.54, 1.807) is 0 Å². The fourth-order valence-electron chi connectivity index (χ4n) is 10.7. The highest BCUT2D eigenvalue weighted by atomic mass is 15.1. The van der Waals surface area contributed by atoms with E-state index in [4.69, 9.17) is 0 Å². The van der Waals surface area contributed by atoms with Crippen LogP contribution in [0.5, 0.6) is 0 Å². The van der Waals surface area contributed by atoms with Gasteiger partial charge in [0, 0.05) is 17.1 Å². The average Bonchev–Trinajstić information content (AvgIpc) is 3.48. The summed E-state index contributed by atoms with van der Waals surface area (Å²) in [4.78, 5) is 2.43. The lowest BCUT2D eigenvalue weighted by molar-refractivity contribution is 1.28. The van der Waals surface area contributed by atoms with E-state index in [1.807, 2.05) is 0 Å². The van der Waals surface area contributed by atoms with E-state index in [1.165, 1.54) is 88.0 Å². The molecule has 73 heavy (non-hydrogen) atoms. The Morgan fingerprint density at radius 1 is 0.178 bits per heavy atom. The first kappa shape index (κ1) is 43.5. The van der Waals surface area contributed by atoms with Crippen molar-refractivity contribution in [1.29, 1.82) is 0 Å². The number of rotatable bonds is 10. The maximum atomic E-state index is 2.43. The Hall–Kier alpha value is -9.56. The van der Waals surface area contributed by atoms with Crippen LogP contribution in [0.25, 0.3) is 110 Å². The van der Waals surface area contributed by atoms with Crippen molar-refractivity contribution >= 4 is 49.4 Å². The molecule has 1 nitrogen and oxygen atoms in total. The van der Waals surface area contributed by atoms with Gasteiger partial charge < -0.3 is 4.90 Å². The van der Waals surface area contributed by atoms with E-state index in [0.29, 0.717) is 0 Å². The highest BCUT2D eigenvalue weighted by Crippen LogP contribution is 2.44.